The van der Waals surface area contributed by atoms with E-state index < -0.39 is 6.10 Å². The van der Waals surface area contributed by atoms with Crippen LogP contribution in [0, 0.1) is 5.82 Å². The summed E-state index contributed by atoms with van der Waals surface area (Å²) in [4.78, 5) is 17.4. The summed E-state index contributed by atoms with van der Waals surface area (Å²) >= 11 is 0. The lowest BCUT2D eigenvalue weighted by Gasteiger charge is -2.38. The molecule has 1 aromatic carbocycles. The Hall–Kier alpha value is -1.62. The molecule has 3 rings (SSSR count). The number of rotatable bonds is 6. The lowest BCUT2D eigenvalue weighted by atomic mass is 9.98. The average Bonchev–Trinajstić information content (AvgIpc) is 3.13. The number of carbonyl (C=O) groups is 1. The van der Waals surface area contributed by atoms with Crippen molar-refractivity contribution in [2.45, 2.75) is 57.6 Å². The van der Waals surface area contributed by atoms with Crippen LogP contribution < -0.4 is 4.74 Å². The van der Waals surface area contributed by atoms with Crippen LogP contribution in [0.25, 0.3) is 0 Å². The minimum absolute atomic E-state index is 0.0235. The van der Waals surface area contributed by atoms with Crippen LogP contribution in [0.1, 0.15) is 45.4 Å². The Morgan fingerprint density at radius 3 is 2.76 bits per heavy atom. The standard InChI is InChI=1S/C20H29FN2O2/c1-16(25-19-9-6-7-17(21)15-19)20(24)23-13-3-2-8-18(23)10-14-22-11-4-5-12-22/h6-7,9,15-16,18H,2-5,8,10-14H2,1H3/t16-,18-/m1/s1. The number of amides is 1. The first kappa shape index (κ1) is 18.2. The highest BCUT2D eigenvalue weighted by Crippen LogP contribution is 2.23. The molecule has 2 heterocycles. The summed E-state index contributed by atoms with van der Waals surface area (Å²) in [5, 5.41) is 0. The van der Waals surface area contributed by atoms with Gasteiger partial charge in [0.05, 0.1) is 0 Å². The molecule has 0 N–H and O–H groups in total. The highest BCUT2D eigenvalue weighted by Gasteiger charge is 2.31. The molecule has 0 radical (unpaired) electrons. The fourth-order valence-corrected chi connectivity index (χ4v) is 3.96. The average molecular weight is 348 g/mol. The molecule has 0 aliphatic carbocycles. The van der Waals surface area contributed by atoms with Crippen LogP contribution in [0.2, 0.25) is 0 Å². The zero-order valence-electron chi connectivity index (χ0n) is 15.1. The number of piperidine rings is 1. The van der Waals surface area contributed by atoms with Crippen molar-refractivity contribution in [2.24, 2.45) is 0 Å². The van der Waals surface area contributed by atoms with E-state index in [0.29, 0.717) is 11.8 Å². The molecule has 2 aliphatic heterocycles. The van der Waals surface area contributed by atoms with Gasteiger partial charge in [-0.2, -0.15) is 0 Å². The van der Waals surface area contributed by atoms with Gasteiger partial charge < -0.3 is 14.5 Å². The third kappa shape index (κ3) is 4.94. The number of nitrogens with zero attached hydrogens (tertiary/aromatic N) is 2. The summed E-state index contributed by atoms with van der Waals surface area (Å²) in [7, 11) is 0. The van der Waals surface area contributed by atoms with Gasteiger partial charge in [-0.3, -0.25) is 4.79 Å². The summed E-state index contributed by atoms with van der Waals surface area (Å²) < 4.78 is 19.0. The van der Waals surface area contributed by atoms with E-state index in [4.69, 9.17) is 4.74 Å². The molecular formula is C20H29FN2O2. The zero-order valence-corrected chi connectivity index (χ0v) is 15.1. The number of hydrogen-bond donors (Lipinski definition) is 0. The van der Waals surface area contributed by atoms with Crippen molar-refractivity contribution in [1.82, 2.24) is 9.80 Å². The quantitative estimate of drug-likeness (QED) is 0.789. The molecule has 0 aromatic heterocycles. The van der Waals surface area contributed by atoms with Gasteiger partial charge in [0.15, 0.2) is 6.10 Å². The molecule has 25 heavy (non-hydrogen) atoms. The van der Waals surface area contributed by atoms with Gasteiger partial charge in [0.1, 0.15) is 11.6 Å². The normalized spacial score (nSPS) is 22.8. The van der Waals surface area contributed by atoms with Crippen LogP contribution in [-0.4, -0.2) is 54.0 Å². The minimum Gasteiger partial charge on any atom is -0.481 e. The number of likely N-dealkylation sites (tertiary alicyclic amines) is 2. The molecule has 2 fully saturated rings. The Balaban J connectivity index is 1.57. The molecule has 0 unspecified atom stereocenters. The van der Waals surface area contributed by atoms with E-state index in [2.05, 4.69) is 4.90 Å². The van der Waals surface area contributed by atoms with E-state index in [1.165, 1.54) is 44.5 Å². The maximum absolute atomic E-state index is 13.3. The molecule has 5 heteroatoms. The van der Waals surface area contributed by atoms with Crippen molar-refractivity contribution in [1.29, 1.82) is 0 Å². The number of halogens is 1. The fraction of sp³-hybridized carbons (Fsp3) is 0.650. The Morgan fingerprint density at radius 1 is 1.24 bits per heavy atom. The van der Waals surface area contributed by atoms with Crippen LogP contribution in [0.4, 0.5) is 4.39 Å². The van der Waals surface area contributed by atoms with E-state index in [0.717, 1.165) is 32.4 Å². The number of ether oxygens (including phenoxy) is 1. The fourth-order valence-electron chi connectivity index (χ4n) is 3.96. The van der Waals surface area contributed by atoms with Gasteiger partial charge in [0.25, 0.3) is 5.91 Å². The molecule has 138 valence electrons. The smallest absolute Gasteiger partial charge is 0.263 e. The first-order chi connectivity index (χ1) is 12.1. The molecule has 4 nitrogen and oxygen atoms in total. The molecule has 2 atom stereocenters. The summed E-state index contributed by atoms with van der Waals surface area (Å²) in [6, 6.07) is 6.29. The largest absolute Gasteiger partial charge is 0.481 e. The van der Waals surface area contributed by atoms with Gasteiger partial charge in [-0.25, -0.2) is 4.39 Å². The molecule has 2 saturated heterocycles. The molecule has 0 spiro atoms. The van der Waals surface area contributed by atoms with Crippen molar-refractivity contribution in [3.8, 4) is 5.75 Å². The van der Waals surface area contributed by atoms with Crippen LogP contribution in [0.15, 0.2) is 24.3 Å². The van der Waals surface area contributed by atoms with Crippen molar-refractivity contribution in [3.63, 3.8) is 0 Å². The molecule has 1 amide bonds. The lowest BCUT2D eigenvalue weighted by molar-refractivity contribution is -0.142. The van der Waals surface area contributed by atoms with Gasteiger partial charge in [0.2, 0.25) is 0 Å². The van der Waals surface area contributed by atoms with Gasteiger partial charge in [-0.15, -0.1) is 0 Å². The summed E-state index contributed by atoms with van der Waals surface area (Å²) in [5.74, 6) is 0.0838. The van der Waals surface area contributed by atoms with Crippen molar-refractivity contribution in [2.75, 3.05) is 26.2 Å². The van der Waals surface area contributed by atoms with Crippen LogP contribution in [-0.2, 0) is 4.79 Å². The van der Waals surface area contributed by atoms with Crippen molar-refractivity contribution in [3.05, 3.63) is 30.1 Å². The summed E-state index contributed by atoms with van der Waals surface area (Å²) in [6.07, 6.45) is 6.36. The highest BCUT2D eigenvalue weighted by molar-refractivity contribution is 5.81. The summed E-state index contributed by atoms with van der Waals surface area (Å²) in [6.45, 7) is 6.03. The van der Waals surface area contributed by atoms with E-state index in [1.54, 1.807) is 19.1 Å². The first-order valence-corrected chi connectivity index (χ1v) is 9.58. The number of hydrogen-bond acceptors (Lipinski definition) is 3. The molecule has 1 aromatic rings. The van der Waals surface area contributed by atoms with Crippen LogP contribution in [0.5, 0.6) is 5.75 Å². The van der Waals surface area contributed by atoms with E-state index in [-0.39, 0.29) is 11.7 Å². The van der Waals surface area contributed by atoms with Gasteiger partial charge in [0, 0.05) is 25.2 Å². The maximum Gasteiger partial charge on any atom is 0.263 e. The predicted octanol–water partition coefficient (Wildman–Crippen LogP) is 3.46. The Labute approximate surface area is 149 Å². The number of benzene rings is 1. The molecular weight excluding hydrogens is 319 g/mol. The second kappa shape index (κ2) is 8.65. The molecule has 0 bridgehead atoms. The minimum atomic E-state index is -0.589. The molecule has 2 aliphatic rings. The first-order valence-electron chi connectivity index (χ1n) is 9.58. The van der Waals surface area contributed by atoms with Crippen LogP contribution >= 0.6 is 0 Å². The van der Waals surface area contributed by atoms with Crippen molar-refractivity contribution >= 4 is 5.91 Å². The molecule has 0 saturated carbocycles. The SMILES string of the molecule is C[C@@H](Oc1cccc(F)c1)C(=O)N1CCCC[C@@H]1CCN1CCCC1. The topological polar surface area (TPSA) is 32.8 Å². The van der Waals surface area contributed by atoms with E-state index in [1.807, 2.05) is 4.90 Å². The highest BCUT2D eigenvalue weighted by atomic mass is 19.1. The van der Waals surface area contributed by atoms with E-state index >= 15 is 0 Å². The van der Waals surface area contributed by atoms with Crippen LogP contribution in [0.3, 0.4) is 0 Å². The zero-order chi connectivity index (χ0) is 17.6. The Bertz CT molecular complexity index is 575. The van der Waals surface area contributed by atoms with Crippen molar-refractivity contribution < 1.29 is 13.9 Å². The van der Waals surface area contributed by atoms with Gasteiger partial charge >= 0.3 is 0 Å². The monoisotopic (exact) mass is 348 g/mol. The third-order valence-electron chi connectivity index (χ3n) is 5.34. The maximum atomic E-state index is 13.3. The lowest BCUT2D eigenvalue weighted by Crippen LogP contribution is -2.49. The Morgan fingerprint density at radius 2 is 2.00 bits per heavy atom. The van der Waals surface area contributed by atoms with E-state index in [9.17, 15) is 9.18 Å². The third-order valence-corrected chi connectivity index (χ3v) is 5.34. The predicted molar refractivity (Wildman–Crippen MR) is 96.1 cm³/mol. The number of carbonyl (C=O) groups excluding carboxylic acids is 1. The second-order valence-corrected chi connectivity index (χ2v) is 7.24. The summed E-state index contributed by atoms with van der Waals surface area (Å²) in [5.41, 5.74) is 0. The van der Waals surface area contributed by atoms with Gasteiger partial charge in [-0.05, 0) is 70.7 Å². The van der Waals surface area contributed by atoms with Gasteiger partial charge in [-0.1, -0.05) is 6.07 Å². The Kier molecular flexibility index (Phi) is 6.29. The second-order valence-electron chi connectivity index (χ2n) is 7.24.